The van der Waals surface area contributed by atoms with E-state index in [0.29, 0.717) is 0 Å². The fraction of sp³-hybridized carbons (Fsp3) is 0.160. The van der Waals surface area contributed by atoms with E-state index in [1.54, 1.807) is 0 Å². The summed E-state index contributed by atoms with van der Waals surface area (Å²) < 4.78 is 2.31. The molecule has 0 amide bonds. The van der Waals surface area contributed by atoms with Gasteiger partial charge in [0, 0.05) is 17.5 Å². The largest absolute Gasteiger partial charge is 0.213 e. The van der Waals surface area contributed by atoms with Gasteiger partial charge in [-0.15, -0.1) is 0 Å². The average Bonchev–Trinajstić information content (AvgIpc) is 2.65. The van der Waals surface area contributed by atoms with E-state index in [1.807, 2.05) is 0 Å². The first-order chi connectivity index (χ1) is 12.6. The molecule has 0 aliphatic rings. The van der Waals surface area contributed by atoms with Crippen molar-refractivity contribution < 1.29 is 4.57 Å². The molecule has 0 atom stereocenters. The zero-order valence-corrected chi connectivity index (χ0v) is 15.9. The summed E-state index contributed by atoms with van der Waals surface area (Å²) in [7, 11) is 2.16. The Bertz CT molecular complexity index is 1120. The standard InChI is InChI=1S/C25H24N/c1-17-9-5-7-11-21(17)22-15-13-18(2)25(19(22)3)24-16-14-20-10-6-8-12-23(20)26(24)4/h5-16H,1-4H3/q+1. The summed E-state index contributed by atoms with van der Waals surface area (Å²) in [6, 6.07) is 26.2. The van der Waals surface area contributed by atoms with Crippen molar-refractivity contribution in [1.82, 2.24) is 0 Å². The molecular weight excluding hydrogens is 314 g/mol. The maximum atomic E-state index is 2.31. The molecule has 26 heavy (non-hydrogen) atoms. The number of fused-ring (bicyclic) bond motifs is 1. The van der Waals surface area contributed by atoms with Crippen LogP contribution in [0.3, 0.4) is 0 Å². The Hall–Kier alpha value is -2.93. The Balaban J connectivity index is 2.00. The summed E-state index contributed by atoms with van der Waals surface area (Å²) in [6.07, 6.45) is 0. The van der Waals surface area contributed by atoms with Crippen LogP contribution in [0.4, 0.5) is 0 Å². The summed E-state index contributed by atoms with van der Waals surface area (Å²) in [5.41, 5.74) is 10.4. The van der Waals surface area contributed by atoms with Crippen molar-refractivity contribution in [3.05, 3.63) is 89.5 Å². The number of aryl methyl sites for hydroxylation is 3. The first-order valence-electron chi connectivity index (χ1n) is 9.12. The fourth-order valence-corrected chi connectivity index (χ4v) is 4.00. The number of para-hydroxylation sites is 1. The zero-order chi connectivity index (χ0) is 18.3. The molecule has 1 nitrogen and oxygen atoms in total. The van der Waals surface area contributed by atoms with Crippen LogP contribution in [0.5, 0.6) is 0 Å². The van der Waals surface area contributed by atoms with E-state index in [2.05, 4.69) is 105 Å². The summed E-state index contributed by atoms with van der Waals surface area (Å²) in [6.45, 7) is 6.64. The van der Waals surface area contributed by atoms with E-state index in [1.165, 1.54) is 50.0 Å². The van der Waals surface area contributed by atoms with Crippen LogP contribution >= 0.6 is 0 Å². The monoisotopic (exact) mass is 338 g/mol. The Morgan fingerprint density at radius 2 is 1.35 bits per heavy atom. The zero-order valence-electron chi connectivity index (χ0n) is 15.9. The van der Waals surface area contributed by atoms with Crippen LogP contribution in [0.25, 0.3) is 33.3 Å². The third-order valence-corrected chi connectivity index (χ3v) is 5.44. The topological polar surface area (TPSA) is 3.88 Å². The highest BCUT2D eigenvalue weighted by Crippen LogP contribution is 2.34. The Morgan fingerprint density at radius 3 is 2.15 bits per heavy atom. The van der Waals surface area contributed by atoms with Gasteiger partial charge >= 0.3 is 0 Å². The van der Waals surface area contributed by atoms with Gasteiger partial charge in [0.1, 0.15) is 7.05 Å². The van der Waals surface area contributed by atoms with E-state index in [-0.39, 0.29) is 0 Å². The molecule has 0 bridgehead atoms. The highest BCUT2D eigenvalue weighted by atomic mass is 14.9. The predicted molar refractivity (Wildman–Crippen MR) is 110 cm³/mol. The lowest BCUT2D eigenvalue weighted by Gasteiger charge is -2.15. The molecule has 4 rings (SSSR count). The number of hydrogen-bond acceptors (Lipinski definition) is 0. The molecule has 1 heterocycles. The molecule has 0 unspecified atom stereocenters. The van der Waals surface area contributed by atoms with Crippen LogP contribution in [-0.4, -0.2) is 0 Å². The van der Waals surface area contributed by atoms with Gasteiger partial charge in [0.25, 0.3) is 0 Å². The SMILES string of the molecule is Cc1ccccc1-c1ccc(C)c(-c2ccc3ccccc3[n+]2C)c1C. The van der Waals surface area contributed by atoms with Gasteiger partial charge in [-0.1, -0.05) is 48.5 Å². The van der Waals surface area contributed by atoms with Crippen LogP contribution in [-0.2, 0) is 7.05 Å². The first-order valence-corrected chi connectivity index (χ1v) is 9.12. The lowest BCUT2D eigenvalue weighted by molar-refractivity contribution is -0.633. The normalized spacial score (nSPS) is 11.1. The minimum Gasteiger partial charge on any atom is -0.194 e. The lowest BCUT2D eigenvalue weighted by atomic mass is 9.89. The smallest absolute Gasteiger partial charge is 0.194 e. The second kappa shape index (κ2) is 6.42. The van der Waals surface area contributed by atoms with Crippen LogP contribution in [0.15, 0.2) is 72.8 Å². The van der Waals surface area contributed by atoms with Crippen molar-refractivity contribution in [2.75, 3.05) is 0 Å². The van der Waals surface area contributed by atoms with Gasteiger partial charge in [-0.2, -0.15) is 4.57 Å². The molecule has 0 saturated heterocycles. The van der Waals surface area contributed by atoms with Gasteiger partial charge in [0.05, 0.1) is 5.56 Å². The highest BCUT2D eigenvalue weighted by molar-refractivity contribution is 5.82. The van der Waals surface area contributed by atoms with E-state index in [4.69, 9.17) is 0 Å². The molecule has 0 saturated carbocycles. The molecule has 3 aromatic carbocycles. The minimum atomic E-state index is 1.25. The van der Waals surface area contributed by atoms with Gasteiger partial charge in [-0.05, 0) is 60.7 Å². The van der Waals surface area contributed by atoms with Crippen molar-refractivity contribution in [2.45, 2.75) is 20.8 Å². The van der Waals surface area contributed by atoms with Crippen molar-refractivity contribution in [3.8, 4) is 22.4 Å². The summed E-state index contributed by atoms with van der Waals surface area (Å²) in [5, 5.41) is 1.27. The van der Waals surface area contributed by atoms with Crippen LogP contribution in [0.2, 0.25) is 0 Å². The van der Waals surface area contributed by atoms with E-state index >= 15 is 0 Å². The Labute approximate surface area is 155 Å². The van der Waals surface area contributed by atoms with Crippen LogP contribution in [0.1, 0.15) is 16.7 Å². The molecular formula is C25H24N+. The third-order valence-electron chi connectivity index (χ3n) is 5.44. The van der Waals surface area contributed by atoms with Crippen LogP contribution in [0, 0.1) is 20.8 Å². The molecule has 1 aromatic heterocycles. The minimum absolute atomic E-state index is 1.25. The van der Waals surface area contributed by atoms with Crippen molar-refractivity contribution in [3.63, 3.8) is 0 Å². The maximum absolute atomic E-state index is 2.31. The van der Waals surface area contributed by atoms with Gasteiger partial charge in [0.2, 0.25) is 11.2 Å². The summed E-state index contributed by atoms with van der Waals surface area (Å²) in [5.74, 6) is 0. The maximum Gasteiger partial charge on any atom is 0.213 e. The van der Waals surface area contributed by atoms with E-state index in [9.17, 15) is 0 Å². The first kappa shape index (κ1) is 16.5. The fourth-order valence-electron chi connectivity index (χ4n) is 4.00. The van der Waals surface area contributed by atoms with E-state index < -0.39 is 0 Å². The quantitative estimate of drug-likeness (QED) is 0.399. The predicted octanol–water partition coefficient (Wildman–Crippen LogP) is 5.92. The van der Waals surface area contributed by atoms with Crippen molar-refractivity contribution >= 4 is 10.9 Å². The Morgan fingerprint density at radius 1 is 0.615 bits per heavy atom. The van der Waals surface area contributed by atoms with Gasteiger partial charge in [-0.25, -0.2) is 0 Å². The van der Waals surface area contributed by atoms with Gasteiger partial charge < -0.3 is 0 Å². The second-order valence-corrected chi connectivity index (χ2v) is 7.08. The number of benzene rings is 3. The van der Waals surface area contributed by atoms with Gasteiger partial charge in [0.15, 0.2) is 0 Å². The summed E-state index contributed by atoms with van der Waals surface area (Å²) in [4.78, 5) is 0. The molecule has 4 aromatic rings. The molecule has 1 heteroatoms. The molecule has 0 N–H and O–H groups in total. The molecule has 0 aliphatic heterocycles. The van der Waals surface area contributed by atoms with Gasteiger partial charge in [-0.3, -0.25) is 0 Å². The third kappa shape index (κ3) is 2.61. The molecule has 0 spiro atoms. The molecule has 0 aliphatic carbocycles. The molecule has 0 fully saturated rings. The number of rotatable bonds is 2. The summed E-state index contributed by atoms with van der Waals surface area (Å²) >= 11 is 0. The second-order valence-electron chi connectivity index (χ2n) is 7.08. The number of pyridine rings is 1. The van der Waals surface area contributed by atoms with E-state index in [0.717, 1.165) is 0 Å². The lowest BCUT2D eigenvalue weighted by Crippen LogP contribution is -2.32. The number of aromatic nitrogens is 1. The molecule has 0 radical (unpaired) electrons. The Kier molecular flexibility index (Phi) is 4.08. The highest BCUT2D eigenvalue weighted by Gasteiger charge is 2.20. The van der Waals surface area contributed by atoms with Crippen molar-refractivity contribution in [2.24, 2.45) is 7.05 Å². The average molecular weight is 338 g/mol. The number of hydrogen-bond donors (Lipinski definition) is 0. The molecule has 128 valence electrons. The van der Waals surface area contributed by atoms with Crippen molar-refractivity contribution in [1.29, 1.82) is 0 Å². The number of nitrogens with zero attached hydrogens (tertiary/aromatic N) is 1. The van der Waals surface area contributed by atoms with Crippen LogP contribution < -0.4 is 4.57 Å².